The summed E-state index contributed by atoms with van der Waals surface area (Å²) in [5.74, 6) is -0.240. The minimum absolute atomic E-state index is 0.240. The predicted molar refractivity (Wildman–Crippen MR) is 65.6 cm³/mol. The smallest absolute Gasteiger partial charge is 0.183 e. The molecule has 2 rings (SSSR count). The van der Waals surface area contributed by atoms with Crippen molar-refractivity contribution >= 4 is 28.6 Å². The Morgan fingerprint density at radius 1 is 1.50 bits per heavy atom. The lowest BCUT2D eigenvalue weighted by atomic mass is 10.2. The van der Waals surface area contributed by atoms with Gasteiger partial charge in [0.15, 0.2) is 4.47 Å². The minimum Gasteiger partial charge on any atom is -0.378 e. The molecule has 0 amide bonds. The van der Waals surface area contributed by atoms with E-state index in [-0.39, 0.29) is 5.82 Å². The Bertz CT molecular complexity index is 478. The molecule has 0 radical (unpaired) electrons. The highest BCUT2D eigenvalue weighted by Gasteiger charge is 2.05. The van der Waals surface area contributed by atoms with E-state index >= 15 is 0 Å². The number of nitrogens with zero attached hydrogens (tertiary/aromatic N) is 1. The van der Waals surface area contributed by atoms with E-state index < -0.39 is 0 Å². The minimum atomic E-state index is -0.240. The maximum Gasteiger partial charge on any atom is 0.183 e. The molecule has 2 aromatic rings. The highest BCUT2D eigenvalue weighted by atomic mass is 35.5. The van der Waals surface area contributed by atoms with Gasteiger partial charge in [-0.3, -0.25) is 0 Å². The van der Waals surface area contributed by atoms with Gasteiger partial charge in [-0.05, 0) is 18.6 Å². The van der Waals surface area contributed by atoms with Crippen molar-refractivity contribution in [1.29, 1.82) is 0 Å². The lowest BCUT2D eigenvalue weighted by Gasteiger charge is -2.08. The monoisotopic (exact) mass is 256 g/mol. The molecule has 0 saturated heterocycles. The van der Waals surface area contributed by atoms with Crippen molar-refractivity contribution in [2.75, 3.05) is 5.32 Å². The second kappa shape index (κ2) is 4.80. The number of thiazole rings is 1. The fourth-order valence-electron chi connectivity index (χ4n) is 1.40. The maximum absolute atomic E-state index is 13.5. The van der Waals surface area contributed by atoms with E-state index in [1.165, 1.54) is 17.4 Å². The summed E-state index contributed by atoms with van der Waals surface area (Å²) >= 11 is 7.10. The van der Waals surface area contributed by atoms with Crippen molar-refractivity contribution in [1.82, 2.24) is 4.98 Å². The number of hydrogen-bond acceptors (Lipinski definition) is 3. The van der Waals surface area contributed by atoms with Crippen molar-refractivity contribution in [3.63, 3.8) is 0 Å². The largest absolute Gasteiger partial charge is 0.378 e. The summed E-state index contributed by atoms with van der Waals surface area (Å²) in [6, 6.07) is 5.00. The molecule has 0 bridgehead atoms. The number of hydrogen-bond donors (Lipinski definition) is 1. The number of aromatic nitrogens is 1. The molecule has 0 fully saturated rings. The van der Waals surface area contributed by atoms with E-state index in [2.05, 4.69) is 10.3 Å². The molecule has 1 N–H and O–H groups in total. The molecule has 0 aliphatic heterocycles. The molecule has 2 nitrogen and oxygen atoms in total. The number of rotatable bonds is 3. The second-order valence-corrected chi connectivity index (χ2v) is 5.06. The second-order valence-electron chi connectivity index (χ2n) is 3.36. The van der Waals surface area contributed by atoms with Crippen LogP contribution in [0.15, 0.2) is 24.4 Å². The first kappa shape index (κ1) is 11.4. The number of nitrogens with one attached hydrogen (secondary N) is 1. The summed E-state index contributed by atoms with van der Waals surface area (Å²) in [7, 11) is 0. The quantitative estimate of drug-likeness (QED) is 0.902. The standard InChI is InChI=1S/C11H10ClFN2S/c1-7-3-2-4-9(13)10(7)14-5-8-6-15-11(12)16-8/h2-4,6,14H,5H2,1H3. The van der Waals surface area contributed by atoms with Crippen LogP contribution in [0, 0.1) is 12.7 Å². The summed E-state index contributed by atoms with van der Waals surface area (Å²) < 4.78 is 14.0. The zero-order valence-electron chi connectivity index (χ0n) is 8.63. The Morgan fingerprint density at radius 2 is 2.31 bits per heavy atom. The van der Waals surface area contributed by atoms with Crippen molar-refractivity contribution in [2.45, 2.75) is 13.5 Å². The third-order valence-corrected chi connectivity index (χ3v) is 3.30. The number of halogens is 2. The van der Waals surface area contributed by atoms with Crippen LogP contribution in [0.25, 0.3) is 0 Å². The van der Waals surface area contributed by atoms with E-state index in [9.17, 15) is 4.39 Å². The molecule has 1 aromatic heterocycles. The van der Waals surface area contributed by atoms with Crippen LogP contribution in [0.2, 0.25) is 4.47 Å². The van der Waals surface area contributed by atoms with Crippen LogP contribution in [0.5, 0.6) is 0 Å². The Labute approximate surface area is 102 Å². The van der Waals surface area contributed by atoms with E-state index in [1.54, 1.807) is 12.3 Å². The molecule has 0 spiro atoms. The molecule has 0 atom stereocenters. The summed E-state index contributed by atoms with van der Waals surface area (Å²) in [4.78, 5) is 4.90. The number of aryl methyl sites for hydroxylation is 1. The van der Waals surface area contributed by atoms with Crippen molar-refractivity contribution in [3.8, 4) is 0 Å². The molecule has 84 valence electrons. The predicted octanol–water partition coefficient (Wildman–Crippen LogP) is 3.86. The Morgan fingerprint density at radius 3 is 2.94 bits per heavy atom. The molecule has 5 heteroatoms. The number of benzene rings is 1. The first-order valence-corrected chi connectivity index (χ1v) is 5.95. The van der Waals surface area contributed by atoms with Crippen LogP contribution >= 0.6 is 22.9 Å². The maximum atomic E-state index is 13.5. The Kier molecular flexibility index (Phi) is 3.41. The summed E-state index contributed by atoms with van der Waals surface area (Å²) in [5, 5.41) is 3.05. The molecule has 16 heavy (non-hydrogen) atoms. The molecular weight excluding hydrogens is 247 g/mol. The highest BCUT2D eigenvalue weighted by Crippen LogP contribution is 2.22. The fourth-order valence-corrected chi connectivity index (χ4v) is 2.31. The van der Waals surface area contributed by atoms with Crippen LogP contribution in [0.4, 0.5) is 10.1 Å². The van der Waals surface area contributed by atoms with Gasteiger partial charge in [0.2, 0.25) is 0 Å². The lowest BCUT2D eigenvalue weighted by Crippen LogP contribution is -2.01. The van der Waals surface area contributed by atoms with Gasteiger partial charge in [-0.25, -0.2) is 9.37 Å². The Balaban J connectivity index is 2.10. The summed E-state index contributed by atoms with van der Waals surface area (Å²) in [6.07, 6.45) is 1.69. The SMILES string of the molecule is Cc1cccc(F)c1NCc1cnc(Cl)s1. The molecular formula is C11H10ClFN2S. The van der Waals surface area contributed by atoms with Gasteiger partial charge in [0.05, 0.1) is 12.2 Å². The third-order valence-electron chi connectivity index (χ3n) is 2.19. The molecule has 1 aromatic carbocycles. The van der Waals surface area contributed by atoms with Gasteiger partial charge in [-0.1, -0.05) is 23.7 Å². The normalized spacial score (nSPS) is 10.4. The molecule has 0 saturated carbocycles. The average molecular weight is 257 g/mol. The van der Waals surface area contributed by atoms with Crippen molar-refractivity contribution in [2.24, 2.45) is 0 Å². The first-order chi connectivity index (χ1) is 7.66. The van der Waals surface area contributed by atoms with E-state index in [0.29, 0.717) is 16.7 Å². The Hall–Kier alpha value is -1.13. The zero-order chi connectivity index (χ0) is 11.5. The lowest BCUT2D eigenvalue weighted by molar-refractivity contribution is 0.629. The van der Waals surface area contributed by atoms with Crippen LogP contribution in [-0.2, 0) is 6.54 Å². The topological polar surface area (TPSA) is 24.9 Å². The van der Waals surface area contributed by atoms with Crippen molar-refractivity contribution < 1.29 is 4.39 Å². The van der Waals surface area contributed by atoms with Crippen LogP contribution in [-0.4, -0.2) is 4.98 Å². The number of para-hydroxylation sites is 1. The molecule has 0 aliphatic carbocycles. The fraction of sp³-hybridized carbons (Fsp3) is 0.182. The summed E-state index contributed by atoms with van der Waals surface area (Å²) in [5.41, 5.74) is 1.42. The van der Waals surface area contributed by atoms with E-state index in [1.807, 2.05) is 13.0 Å². The van der Waals surface area contributed by atoms with Gasteiger partial charge in [-0.15, -0.1) is 11.3 Å². The van der Waals surface area contributed by atoms with Gasteiger partial charge < -0.3 is 5.32 Å². The average Bonchev–Trinajstić information content (AvgIpc) is 2.63. The van der Waals surface area contributed by atoms with Crippen molar-refractivity contribution in [3.05, 3.63) is 45.1 Å². The first-order valence-electron chi connectivity index (χ1n) is 4.76. The van der Waals surface area contributed by atoms with E-state index in [0.717, 1.165) is 10.4 Å². The molecule has 0 aliphatic rings. The number of anilines is 1. The molecule has 1 heterocycles. The van der Waals surface area contributed by atoms with Gasteiger partial charge >= 0.3 is 0 Å². The van der Waals surface area contributed by atoms with Crippen LogP contribution in [0.3, 0.4) is 0 Å². The summed E-state index contributed by atoms with van der Waals surface area (Å²) in [6.45, 7) is 2.40. The molecule has 0 unspecified atom stereocenters. The van der Waals surface area contributed by atoms with E-state index in [4.69, 9.17) is 11.6 Å². The zero-order valence-corrected chi connectivity index (χ0v) is 10.2. The van der Waals surface area contributed by atoms with Gasteiger partial charge in [0.1, 0.15) is 5.82 Å². The van der Waals surface area contributed by atoms with Gasteiger partial charge in [0.25, 0.3) is 0 Å². The van der Waals surface area contributed by atoms with Crippen LogP contribution < -0.4 is 5.32 Å². The highest BCUT2D eigenvalue weighted by molar-refractivity contribution is 7.15. The van der Waals surface area contributed by atoms with Gasteiger partial charge in [0, 0.05) is 11.1 Å². The van der Waals surface area contributed by atoms with Gasteiger partial charge in [-0.2, -0.15) is 0 Å². The third kappa shape index (κ3) is 2.51. The van der Waals surface area contributed by atoms with Crippen LogP contribution in [0.1, 0.15) is 10.4 Å².